The smallest absolute Gasteiger partial charge is 0.348 e. The van der Waals surface area contributed by atoms with Crippen LogP contribution < -0.4 is 10.2 Å². The van der Waals surface area contributed by atoms with Crippen LogP contribution in [0.4, 0.5) is 10.7 Å². The van der Waals surface area contributed by atoms with E-state index in [0.29, 0.717) is 26.1 Å². The lowest BCUT2D eigenvalue weighted by Crippen LogP contribution is -2.38. The van der Waals surface area contributed by atoms with Crippen LogP contribution in [0.25, 0.3) is 0 Å². The molecule has 0 fully saturated rings. The molecule has 1 aliphatic heterocycles. The number of hydrogen-bond donors (Lipinski definition) is 1. The van der Waals surface area contributed by atoms with Gasteiger partial charge in [-0.1, -0.05) is 18.2 Å². The number of fused-ring (bicyclic) bond motifs is 1. The van der Waals surface area contributed by atoms with E-state index in [4.69, 9.17) is 21.7 Å². The van der Waals surface area contributed by atoms with Gasteiger partial charge in [-0.05, 0) is 63.0 Å². The molecule has 0 radical (unpaired) electrons. The molecule has 2 heterocycles. The number of anilines is 2. The van der Waals surface area contributed by atoms with Gasteiger partial charge in [0.05, 0.1) is 18.8 Å². The molecule has 6 nitrogen and oxygen atoms in total. The first-order chi connectivity index (χ1) is 14.0. The van der Waals surface area contributed by atoms with E-state index in [2.05, 4.69) is 11.4 Å². The quantitative estimate of drug-likeness (QED) is 0.549. The number of para-hydroxylation sites is 1. The standard InChI is InChI=1S/C21H24N2O4S2/c1-4-26-19(24)16-13(3)17(20(25)27-5-2)29-18(16)22-21(28)23-12-8-10-14-9-6-7-11-15(14)23/h6-7,9,11H,4-5,8,10,12H2,1-3H3,(H,22,28). The van der Waals surface area contributed by atoms with Crippen molar-refractivity contribution in [3.63, 3.8) is 0 Å². The molecule has 1 aromatic heterocycles. The topological polar surface area (TPSA) is 67.9 Å². The monoisotopic (exact) mass is 432 g/mol. The molecule has 154 valence electrons. The van der Waals surface area contributed by atoms with Crippen molar-refractivity contribution in [1.82, 2.24) is 0 Å². The summed E-state index contributed by atoms with van der Waals surface area (Å²) >= 11 is 6.83. The zero-order valence-electron chi connectivity index (χ0n) is 16.7. The van der Waals surface area contributed by atoms with Crippen LogP contribution in [0, 0.1) is 6.92 Å². The highest BCUT2D eigenvalue weighted by atomic mass is 32.1. The Balaban J connectivity index is 1.93. The highest BCUT2D eigenvalue weighted by Gasteiger charge is 2.28. The highest BCUT2D eigenvalue weighted by molar-refractivity contribution is 7.80. The average Bonchev–Trinajstić information content (AvgIpc) is 3.03. The summed E-state index contributed by atoms with van der Waals surface area (Å²) in [6, 6.07) is 8.14. The summed E-state index contributed by atoms with van der Waals surface area (Å²) in [4.78, 5) is 27.3. The maximum Gasteiger partial charge on any atom is 0.348 e. The van der Waals surface area contributed by atoms with E-state index in [1.54, 1.807) is 20.8 Å². The third kappa shape index (κ3) is 4.43. The SMILES string of the molecule is CCOC(=O)c1sc(NC(=S)N2CCCc3ccccc32)c(C(=O)OCC)c1C. The summed E-state index contributed by atoms with van der Waals surface area (Å²) < 4.78 is 10.3. The van der Waals surface area contributed by atoms with Crippen LogP contribution in [0.5, 0.6) is 0 Å². The Bertz CT molecular complexity index is 939. The first-order valence-electron chi connectivity index (χ1n) is 9.61. The van der Waals surface area contributed by atoms with Gasteiger partial charge in [0.15, 0.2) is 5.11 Å². The average molecular weight is 433 g/mol. The van der Waals surface area contributed by atoms with Gasteiger partial charge < -0.3 is 19.7 Å². The van der Waals surface area contributed by atoms with Crippen LogP contribution in [0.3, 0.4) is 0 Å². The molecule has 0 spiro atoms. The Hall–Kier alpha value is -2.45. The lowest BCUT2D eigenvalue weighted by molar-refractivity contribution is 0.0527. The molecule has 0 amide bonds. The van der Waals surface area contributed by atoms with Gasteiger partial charge in [0, 0.05) is 12.2 Å². The first kappa shape index (κ1) is 21.3. The van der Waals surface area contributed by atoms with Crippen molar-refractivity contribution in [2.75, 3.05) is 30.0 Å². The number of nitrogens with zero attached hydrogens (tertiary/aromatic N) is 1. The zero-order chi connectivity index (χ0) is 21.0. The number of esters is 2. The number of thiophene rings is 1. The van der Waals surface area contributed by atoms with E-state index < -0.39 is 11.9 Å². The first-order valence-corrected chi connectivity index (χ1v) is 10.8. The van der Waals surface area contributed by atoms with Crippen LogP contribution >= 0.6 is 23.6 Å². The predicted octanol–water partition coefficient (Wildman–Crippen LogP) is 4.56. The number of rotatable bonds is 5. The molecule has 0 unspecified atom stereocenters. The predicted molar refractivity (Wildman–Crippen MR) is 119 cm³/mol. The number of carbonyl (C=O) groups excluding carboxylic acids is 2. The van der Waals surface area contributed by atoms with Crippen molar-refractivity contribution in [1.29, 1.82) is 0 Å². The van der Waals surface area contributed by atoms with Gasteiger partial charge in [0.2, 0.25) is 0 Å². The van der Waals surface area contributed by atoms with Gasteiger partial charge in [-0.15, -0.1) is 11.3 Å². The molecule has 0 atom stereocenters. The van der Waals surface area contributed by atoms with E-state index in [9.17, 15) is 9.59 Å². The number of carbonyl (C=O) groups is 2. The molecule has 29 heavy (non-hydrogen) atoms. The molecule has 0 saturated carbocycles. The number of hydrogen-bond acceptors (Lipinski definition) is 6. The minimum atomic E-state index is -0.485. The Morgan fingerprint density at radius 1 is 1.17 bits per heavy atom. The fourth-order valence-corrected chi connectivity index (χ4v) is 4.80. The maximum atomic E-state index is 12.6. The summed E-state index contributed by atoms with van der Waals surface area (Å²) in [6.07, 6.45) is 2.00. The fourth-order valence-electron chi connectivity index (χ4n) is 3.35. The van der Waals surface area contributed by atoms with Gasteiger partial charge in [-0.3, -0.25) is 0 Å². The summed E-state index contributed by atoms with van der Waals surface area (Å²) in [5.74, 6) is -0.941. The highest BCUT2D eigenvalue weighted by Crippen LogP contribution is 2.35. The molecular formula is C21H24N2O4S2. The Kier molecular flexibility index (Phi) is 6.87. The summed E-state index contributed by atoms with van der Waals surface area (Å²) in [6.45, 7) is 6.50. The van der Waals surface area contributed by atoms with Gasteiger partial charge in [-0.25, -0.2) is 9.59 Å². The third-order valence-electron chi connectivity index (χ3n) is 4.66. The zero-order valence-corrected chi connectivity index (χ0v) is 18.4. The van der Waals surface area contributed by atoms with Crippen LogP contribution in [0.15, 0.2) is 24.3 Å². The molecule has 1 N–H and O–H groups in total. The molecule has 0 bridgehead atoms. The van der Waals surface area contributed by atoms with Crippen molar-refractivity contribution in [3.8, 4) is 0 Å². The second-order valence-electron chi connectivity index (χ2n) is 6.52. The van der Waals surface area contributed by atoms with E-state index >= 15 is 0 Å². The normalized spacial score (nSPS) is 12.9. The fraction of sp³-hybridized carbons (Fsp3) is 0.381. The number of ether oxygens (including phenoxy) is 2. The molecule has 0 saturated heterocycles. The molecule has 3 rings (SSSR count). The second kappa shape index (κ2) is 9.37. The van der Waals surface area contributed by atoms with E-state index in [1.165, 1.54) is 5.56 Å². The van der Waals surface area contributed by atoms with E-state index in [1.807, 2.05) is 23.1 Å². The maximum absolute atomic E-state index is 12.6. The van der Waals surface area contributed by atoms with Crippen LogP contribution in [-0.2, 0) is 15.9 Å². The Morgan fingerprint density at radius 2 is 1.86 bits per heavy atom. The number of thiocarbonyl (C=S) groups is 1. The Morgan fingerprint density at radius 3 is 2.59 bits per heavy atom. The minimum Gasteiger partial charge on any atom is -0.462 e. The van der Waals surface area contributed by atoms with Crippen LogP contribution in [0.1, 0.15) is 51.4 Å². The molecule has 1 aromatic carbocycles. The number of benzene rings is 1. The van der Waals surface area contributed by atoms with E-state index in [-0.39, 0.29) is 13.2 Å². The van der Waals surface area contributed by atoms with Crippen molar-refractivity contribution in [2.45, 2.75) is 33.6 Å². The number of aryl methyl sites for hydroxylation is 1. The molecule has 1 aliphatic rings. The molecular weight excluding hydrogens is 408 g/mol. The molecule has 2 aromatic rings. The minimum absolute atomic E-state index is 0.242. The van der Waals surface area contributed by atoms with Gasteiger partial charge in [0.1, 0.15) is 9.88 Å². The summed E-state index contributed by atoms with van der Waals surface area (Å²) in [7, 11) is 0. The lowest BCUT2D eigenvalue weighted by atomic mass is 10.0. The van der Waals surface area contributed by atoms with Crippen molar-refractivity contribution < 1.29 is 19.1 Å². The van der Waals surface area contributed by atoms with Gasteiger partial charge >= 0.3 is 11.9 Å². The third-order valence-corrected chi connectivity index (χ3v) is 6.17. The summed E-state index contributed by atoms with van der Waals surface area (Å²) in [5, 5.41) is 4.17. The molecule has 8 heteroatoms. The summed E-state index contributed by atoms with van der Waals surface area (Å²) in [5.41, 5.74) is 3.17. The second-order valence-corrected chi connectivity index (χ2v) is 7.92. The van der Waals surface area contributed by atoms with Crippen LogP contribution in [0.2, 0.25) is 0 Å². The van der Waals surface area contributed by atoms with Gasteiger partial charge in [0.25, 0.3) is 0 Å². The van der Waals surface area contributed by atoms with Crippen molar-refractivity contribution >= 4 is 51.3 Å². The lowest BCUT2D eigenvalue weighted by Gasteiger charge is -2.31. The largest absolute Gasteiger partial charge is 0.462 e. The van der Waals surface area contributed by atoms with Crippen molar-refractivity contribution in [3.05, 3.63) is 45.8 Å². The Labute approximate surface area is 179 Å². The molecule has 0 aliphatic carbocycles. The van der Waals surface area contributed by atoms with Crippen molar-refractivity contribution in [2.24, 2.45) is 0 Å². The van der Waals surface area contributed by atoms with Gasteiger partial charge in [-0.2, -0.15) is 0 Å². The van der Waals surface area contributed by atoms with E-state index in [0.717, 1.165) is 36.4 Å². The van der Waals surface area contributed by atoms with Crippen LogP contribution in [-0.4, -0.2) is 36.8 Å². The number of nitrogens with one attached hydrogen (secondary N) is 1.